The molecular formula is C18H19ClFN3O5. The molecule has 1 aliphatic heterocycles. The summed E-state index contributed by atoms with van der Waals surface area (Å²) < 4.78 is 16.8. The van der Waals surface area contributed by atoms with E-state index in [1.807, 2.05) is 0 Å². The summed E-state index contributed by atoms with van der Waals surface area (Å²) in [6.45, 7) is 0.338. The van der Waals surface area contributed by atoms with E-state index in [2.05, 4.69) is 0 Å². The maximum absolute atomic E-state index is 15.2. The number of halogens is 2. The molecule has 5 N–H and O–H groups in total. The Bertz CT molecular complexity index is 1050. The van der Waals surface area contributed by atoms with Crippen LogP contribution in [0.5, 0.6) is 0 Å². The molecule has 1 aliphatic carbocycles. The molecule has 8 nitrogen and oxygen atoms in total. The highest BCUT2D eigenvalue weighted by molar-refractivity contribution is 6.38. The van der Waals surface area contributed by atoms with E-state index in [-0.39, 0.29) is 27.7 Å². The van der Waals surface area contributed by atoms with Crippen LogP contribution in [0, 0.1) is 5.82 Å². The second kappa shape index (κ2) is 6.61. The van der Waals surface area contributed by atoms with Crippen LogP contribution in [0.4, 0.5) is 15.8 Å². The Kier molecular flexibility index (Phi) is 4.48. The first-order valence-corrected chi connectivity index (χ1v) is 9.33. The fourth-order valence-corrected chi connectivity index (χ4v) is 4.36. The molecule has 28 heavy (non-hydrogen) atoms. The zero-order valence-corrected chi connectivity index (χ0v) is 15.5. The number of rotatable bonds is 4. The van der Waals surface area contributed by atoms with Crippen molar-refractivity contribution in [2.75, 3.05) is 17.2 Å². The van der Waals surface area contributed by atoms with Crippen LogP contribution >= 0.6 is 11.6 Å². The molecule has 1 aromatic heterocycles. The van der Waals surface area contributed by atoms with E-state index >= 15 is 4.39 Å². The lowest BCUT2D eigenvalue weighted by atomic mass is 10.1. The number of carboxylic acid groups (broad SMARTS) is 1. The average Bonchev–Trinajstić information content (AvgIpc) is 3.36. The summed E-state index contributed by atoms with van der Waals surface area (Å²) in [5.41, 5.74) is 4.13. The SMILES string of the molecule is Nc1c(F)c(N2CCCC2C(O)O)c(Cl)c2c1c(=O)c(C(=O)O)cn2C1CC1. The van der Waals surface area contributed by atoms with Gasteiger partial charge in [-0.25, -0.2) is 9.18 Å². The summed E-state index contributed by atoms with van der Waals surface area (Å²) in [5, 5.41) is 28.3. The molecular weight excluding hydrogens is 393 g/mol. The number of nitrogens with zero attached hydrogens (tertiary/aromatic N) is 2. The summed E-state index contributed by atoms with van der Waals surface area (Å²) in [7, 11) is 0. The van der Waals surface area contributed by atoms with Gasteiger partial charge in [-0.15, -0.1) is 0 Å². The van der Waals surface area contributed by atoms with Crippen molar-refractivity contribution in [2.45, 2.75) is 44.1 Å². The molecule has 150 valence electrons. The molecule has 0 amide bonds. The Morgan fingerprint density at radius 2 is 2.00 bits per heavy atom. The maximum Gasteiger partial charge on any atom is 0.341 e. The summed E-state index contributed by atoms with van der Waals surface area (Å²) in [4.78, 5) is 25.6. The number of carboxylic acids is 1. The molecule has 0 radical (unpaired) electrons. The predicted molar refractivity (Wildman–Crippen MR) is 101 cm³/mol. The van der Waals surface area contributed by atoms with Crippen LogP contribution in [0.2, 0.25) is 5.02 Å². The van der Waals surface area contributed by atoms with Gasteiger partial charge in [-0.3, -0.25) is 4.79 Å². The van der Waals surface area contributed by atoms with E-state index in [1.54, 1.807) is 4.57 Å². The minimum Gasteiger partial charge on any atom is -0.477 e. The molecule has 2 fully saturated rings. The van der Waals surface area contributed by atoms with Crippen LogP contribution in [-0.2, 0) is 0 Å². The quantitative estimate of drug-likeness (QED) is 0.445. The standard InChI is InChI=1S/C18H19ClFN3O5/c19-11-14-10(16(24)8(17(25)26)6-23(14)7-3-4-7)13(21)12(20)15(11)22-5-1-2-9(22)18(27)28/h6-7,9,18,27-28H,1-5,21H2,(H,25,26). The highest BCUT2D eigenvalue weighted by Gasteiger charge is 2.36. The van der Waals surface area contributed by atoms with Crippen LogP contribution < -0.4 is 16.1 Å². The summed E-state index contributed by atoms with van der Waals surface area (Å²) in [6.07, 6.45) is 2.08. The van der Waals surface area contributed by atoms with Crippen LogP contribution in [0.3, 0.4) is 0 Å². The number of pyridine rings is 1. The van der Waals surface area contributed by atoms with E-state index in [0.29, 0.717) is 19.4 Å². The van der Waals surface area contributed by atoms with Gasteiger partial charge in [0.25, 0.3) is 0 Å². The van der Waals surface area contributed by atoms with Crippen LogP contribution in [0.25, 0.3) is 10.9 Å². The molecule has 1 atom stereocenters. The molecule has 4 rings (SSSR count). The molecule has 2 heterocycles. The Morgan fingerprint density at radius 1 is 1.32 bits per heavy atom. The van der Waals surface area contributed by atoms with Crippen LogP contribution in [0.15, 0.2) is 11.0 Å². The van der Waals surface area contributed by atoms with Gasteiger partial charge in [0.2, 0.25) is 5.43 Å². The van der Waals surface area contributed by atoms with E-state index < -0.39 is 40.8 Å². The number of carbonyl (C=O) groups is 1. The lowest BCUT2D eigenvalue weighted by molar-refractivity contribution is -0.0567. The number of nitrogen functional groups attached to an aromatic ring is 1. The minimum atomic E-state index is -1.70. The number of hydrogen-bond acceptors (Lipinski definition) is 6. The van der Waals surface area contributed by atoms with Crippen molar-refractivity contribution in [3.8, 4) is 0 Å². The summed E-state index contributed by atoms with van der Waals surface area (Å²) in [5.74, 6) is -2.39. The normalized spacial score (nSPS) is 19.8. The lowest BCUT2D eigenvalue weighted by Gasteiger charge is -2.30. The largest absolute Gasteiger partial charge is 0.477 e. The highest BCUT2D eigenvalue weighted by Crippen LogP contribution is 2.45. The zero-order valence-electron chi connectivity index (χ0n) is 14.7. The van der Waals surface area contributed by atoms with Gasteiger partial charge in [0.05, 0.1) is 33.3 Å². The molecule has 0 spiro atoms. The fourth-order valence-electron chi connectivity index (χ4n) is 3.98. The number of nitrogens with two attached hydrogens (primary N) is 1. The number of aromatic carboxylic acids is 1. The number of aliphatic hydroxyl groups excluding tert-OH is 1. The third-order valence-electron chi connectivity index (χ3n) is 5.47. The maximum atomic E-state index is 15.2. The molecule has 1 unspecified atom stereocenters. The number of aliphatic hydroxyl groups is 2. The van der Waals surface area contributed by atoms with Crippen LogP contribution in [-0.4, -0.2) is 44.7 Å². The van der Waals surface area contributed by atoms with Gasteiger partial charge < -0.3 is 30.5 Å². The Hall–Kier alpha value is -2.36. The van der Waals surface area contributed by atoms with Crippen LogP contribution in [0.1, 0.15) is 42.1 Å². The molecule has 2 aromatic rings. The van der Waals surface area contributed by atoms with E-state index in [0.717, 1.165) is 12.8 Å². The Balaban J connectivity index is 2.08. The van der Waals surface area contributed by atoms with Crippen molar-refractivity contribution in [2.24, 2.45) is 0 Å². The monoisotopic (exact) mass is 411 g/mol. The number of benzene rings is 1. The van der Waals surface area contributed by atoms with Gasteiger partial charge in [0.15, 0.2) is 12.1 Å². The highest BCUT2D eigenvalue weighted by atomic mass is 35.5. The van der Waals surface area contributed by atoms with Gasteiger partial charge in [0.1, 0.15) is 5.56 Å². The lowest BCUT2D eigenvalue weighted by Crippen LogP contribution is -2.39. The van der Waals surface area contributed by atoms with Gasteiger partial charge >= 0.3 is 5.97 Å². The van der Waals surface area contributed by atoms with Crippen molar-refractivity contribution >= 4 is 39.8 Å². The zero-order chi connectivity index (χ0) is 20.3. The Labute approximate surface area is 163 Å². The van der Waals surface area contributed by atoms with Crippen molar-refractivity contribution < 1.29 is 24.5 Å². The number of hydrogen-bond donors (Lipinski definition) is 4. The molecule has 0 bridgehead atoms. The number of aromatic nitrogens is 1. The first-order chi connectivity index (χ1) is 13.2. The smallest absolute Gasteiger partial charge is 0.341 e. The van der Waals surface area contributed by atoms with E-state index in [4.69, 9.17) is 17.3 Å². The third kappa shape index (κ3) is 2.73. The summed E-state index contributed by atoms with van der Waals surface area (Å²) in [6, 6.07) is -0.822. The second-order valence-corrected chi connectivity index (χ2v) is 7.62. The van der Waals surface area contributed by atoms with Crippen molar-refractivity contribution in [3.05, 3.63) is 32.8 Å². The first-order valence-electron chi connectivity index (χ1n) is 8.95. The average molecular weight is 412 g/mol. The molecule has 1 saturated carbocycles. The van der Waals surface area contributed by atoms with Gasteiger partial charge in [-0.1, -0.05) is 11.6 Å². The van der Waals surface area contributed by atoms with E-state index in [1.165, 1.54) is 11.1 Å². The van der Waals surface area contributed by atoms with Gasteiger partial charge in [0, 0.05) is 18.8 Å². The third-order valence-corrected chi connectivity index (χ3v) is 5.82. The fraction of sp³-hybridized carbons (Fsp3) is 0.444. The minimum absolute atomic E-state index is 0.0609. The molecule has 1 saturated heterocycles. The second-order valence-electron chi connectivity index (χ2n) is 7.25. The van der Waals surface area contributed by atoms with Crippen molar-refractivity contribution in [1.82, 2.24) is 4.57 Å². The number of fused-ring (bicyclic) bond motifs is 1. The molecule has 10 heteroatoms. The van der Waals surface area contributed by atoms with Gasteiger partial charge in [-0.05, 0) is 25.7 Å². The first kappa shape index (κ1) is 19.0. The molecule has 1 aromatic carbocycles. The molecule has 2 aliphatic rings. The Morgan fingerprint density at radius 3 is 2.57 bits per heavy atom. The van der Waals surface area contributed by atoms with Gasteiger partial charge in [-0.2, -0.15) is 0 Å². The predicted octanol–water partition coefficient (Wildman–Crippen LogP) is 1.69. The topological polar surface area (TPSA) is 129 Å². The summed E-state index contributed by atoms with van der Waals surface area (Å²) >= 11 is 6.54. The van der Waals surface area contributed by atoms with Crippen molar-refractivity contribution in [1.29, 1.82) is 0 Å². The number of anilines is 2. The van der Waals surface area contributed by atoms with E-state index in [9.17, 15) is 24.9 Å². The van der Waals surface area contributed by atoms with Crippen molar-refractivity contribution in [3.63, 3.8) is 0 Å².